The first-order valence-corrected chi connectivity index (χ1v) is 4.53. The summed E-state index contributed by atoms with van der Waals surface area (Å²) in [7, 11) is 0. The third-order valence-electron chi connectivity index (χ3n) is 2.82. The van der Waals surface area contributed by atoms with Crippen LogP contribution in [0.3, 0.4) is 0 Å². The van der Waals surface area contributed by atoms with Gasteiger partial charge in [0.15, 0.2) is 0 Å². The lowest BCUT2D eigenvalue weighted by atomic mass is 9.64. The molecular formula is C11H10F2O. The zero-order valence-electron chi connectivity index (χ0n) is 7.54. The minimum Gasteiger partial charge on any atom is -0.302 e. The monoisotopic (exact) mass is 196 g/mol. The third-order valence-corrected chi connectivity index (χ3v) is 2.82. The molecule has 3 heteroatoms. The van der Waals surface area contributed by atoms with E-state index >= 15 is 0 Å². The van der Waals surface area contributed by atoms with Crippen molar-refractivity contribution in [2.75, 3.05) is 0 Å². The van der Waals surface area contributed by atoms with Gasteiger partial charge in [0.1, 0.15) is 18.3 Å². The van der Waals surface area contributed by atoms with Gasteiger partial charge in [-0.25, -0.2) is 8.78 Å². The maximum absolute atomic E-state index is 12.7. The van der Waals surface area contributed by atoms with Gasteiger partial charge in [-0.05, 0) is 30.5 Å². The Labute approximate surface area is 80.7 Å². The van der Waals surface area contributed by atoms with Crippen LogP contribution in [0, 0.1) is 5.82 Å². The summed E-state index contributed by atoms with van der Waals surface area (Å²) in [5.74, 6) is -0.342. The molecule has 1 aromatic carbocycles. The maximum atomic E-state index is 12.7. The molecule has 0 N–H and O–H groups in total. The highest BCUT2D eigenvalue weighted by Gasteiger charge is 2.45. The summed E-state index contributed by atoms with van der Waals surface area (Å²) in [5.41, 5.74) is 0.00965. The summed E-state index contributed by atoms with van der Waals surface area (Å²) >= 11 is 0. The Hall–Kier alpha value is -1.25. The number of hydrogen-bond donors (Lipinski definition) is 0. The van der Waals surface area contributed by atoms with Gasteiger partial charge >= 0.3 is 0 Å². The zero-order valence-corrected chi connectivity index (χ0v) is 7.54. The van der Waals surface area contributed by atoms with Crippen LogP contribution in [0.15, 0.2) is 24.3 Å². The van der Waals surface area contributed by atoms with Crippen LogP contribution in [0.1, 0.15) is 18.4 Å². The summed E-state index contributed by atoms with van der Waals surface area (Å²) < 4.78 is 25.3. The van der Waals surface area contributed by atoms with Crippen molar-refractivity contribution >= 4 is 6.29 Å². The van der Waals surface area contributed by atoms with Crippen molar-refractivity contribution in [3.05, 3.63) is 35.6 Å². The predicted molar refractivity (Wildman–Crippen MR) is 48.3 cm³/mol. The van der Waals surface area contributed by atoms with Crippen LogP contribution in [0.4, 0.5) is 8.78 Å². The Morgan fingerprint density at radius 2 is 1.86 bits per heavy atom. The normalized spacial score (nSPS) is 30.9. The molecular weight excluding hydrogens is 186 g/mol. The van der Waals surface area contributed by atoms with E-state index in [1.165, 1.54) is 12.1 Å². The predicted octanol–water partition coefficient (Wildman–Crippen LogP) is 2.39. The number of carbonyl (C=O) groups excluding carboxylic acids is 1. The molecule has 74 valence electrons. The van der Waals surface area contributed by atoms with Crippen LogP contribution in [0.25, 0.3) is 0 Å². The average molecular weight is 196 g/mol. The second-order valence-electron chi connectivity index (χ2n) is 3.79. The number of alkyl halides is 1. The standard InChI is InChI=1S/C11H10F2O/c12-9-3-1-8(2-4-9)11(7-14)5-10(13)6-11/h1-4,7,10H,5-6H2. The molecule has 1 aliphatic carbocycles. The number of hydrogen-bond acceptors (Lipinski definition) is 1. The molecule has 1 saturated carbocycles. The number of benzene rings is 1. The van der Waals surface area contributed by atoms with E-state index in [-0.39, 0.29) is 18.7 Å². The van der Waals surface area contributed by atoms with Crippen LogP contribution in [0.5, 0.6) is 0 Å². The molecule has 1 aromatic rings. The van der Waals surface area contributed by atoms with Crippen molar-refractivity contribution in [1.82, 2.24) is 0 Å². The van der Waals surface area contributed by atoms with Crippen LogP contribution in [0.2, 0.25) is 0 Å². The molecule has 1 aliphatic rings. The van der Waals surface area contributed by atoms with Gasteiger partial charge in [0.25, 0.3) is 0 Å². The van der Waals surface area contributed by atoms with Gasteiger partial charge in [0.2, 0.25) is 0 Å². The Bertz CT molecular complexity index is 339. The molecule has 0 saturated heterocycles. The topological polar surface area (TPSA) is 17.1 Å². The lowest BCUT2D eigenvalue weighted by Crippen LogP contribution is -2.43. The SMILES string of the molecule is O=CC1(c2ccc(F)cc2)CC(F)C1. The molecule has 1 fully saturated rings. The van der Waals surface area contributed by atoms with Crippen molar-refractivity contribution < 1.29 is 13.6 Å². The first kappa shape index (κ1) is 9.31. The Balaban J connectivity index is 2.29. The largest absolute Gasteiger partial charge is 0.302 e. The van der Waals surface area contributed by atoms with E-state index in [4.69, 9.17) is 0 Å². The fourth-order valence-corrected chi connectivity index (χ4v) is 1.91. The van der Waals surface area contributed by atoms with Gasteiger partial charge in [0, 0.05) is 0 Å². The fraction of sp³-hybridized carbons (Fsp3) is 0.364. The molecule has 0 spiro atoms. The number of rotatable bonds is 2. The summed E-state index contributed by atoms with van der Waals surface area (Å²) in [6.45, 7) is 0. The summed E-state index contributed by atoms with van der Waals surface area (Å²) in [6, 6.07) is 5.70. The minimum atomic E-state index is -0.898. The van der Waals surface area contributed by atoms with Crippen molar-refractivity contribution in [2.24, 2.45) is 0 Å². The highest BCUT2D eigenvalue weighted by Crippen LogP contribution is 2.43. The Morgan fingerprint density at radius 3 is 2.29 bits per heavy atom. The van der Waals surface area contributed by atoms with Gasteiger partial charge in [-0.15, -0.1) is 0 Å². The van der Waals surface area contributed by atoms with Crippen molar-refractivity contribution in [1.29, 1.82) is 0 Å². The first-order valence-electron chi connectivity index (χ1n) is 4.53. The third kappa shape index (κ3) is 1.33. The highest BCUT2D eigenvalue weighted by molar-refractivity contribution is 5.70. The van der Waals surface area contributed by atoms with Gasteiger partial charge in [-0.1, -0.05) is 12.1 Å². The summed E-state index contributed by atoms with van der Waals surface area (Å²) in [6.07, 6.45) is 0.325. The number of halogens is 2. The van der Waals surface area contributed by atoms with E-state index in [9.17, 15) is 13.6 Å². The van der Waals surface area contributed by atoms with Crippen LogP contribution >= 0.6 is 0 Å². The van der Waals surface area contributed by atoms with E-state index in [2.05, 4.69) is 0 Å². The Morgan fingerprint density at radius 1 is 1.29 bits per heavy atom. The van der Waals surface area contributed by atoms with Crippen LogP contribution < -0.4 is 0 Å². The van der Waals surface area contributed by atoms with E-state index in [1.54, 1.807) is 12.1 Å². The summed E-state index contributed by atoms with van der Waals surface area (Å²) in [5, 5.41) is 0. The first-order chi connectivity index (χ1) is 6.66. The van der Waals surface area contributed by atoms with Gasteiger partial charge in [0.05, 0.1) is 5.41 Å². The van der Waals surface area contributed by atoms with E-state index < -0.39 is 11.6 Å². The molecule has 1 nitrogen and oxygen atoms in total. The highest BCUT2D eigenvalue weighted by atomic mass is 19.1. The molecule has 14 heavy (non-hydrogen) atoms. The van der Waals surface area contributed by atoms with Crippen LogP contribution in [-0.2, 0) is 10.2 Å². The quantitative estimate of drug-likeness (QED) is 0.664. The molecule has 0 aromatic heterocycles. The molecule has 0 aliphatic heterocycles. The number of carbonyl (C=O) groups is 1. The maximum Gasteiger partial charge on any atom is 0.130 e. The molecule has 0 heterocycles. The molecule has 0 amide bonds. The van der Waals surface area contributed by atoms with Gasteiger partial charge in [-0.3, -0.25) is 0 Å². The van der Waals surface area contributed by atoms with E-state index in [1.807, 2.05) is 0 Å². The van der Waals surface area contributed by atoms with Gasteiger partial charge in [-0.2, -0.15) is 0 Å². The number of aldehydes is 1. The molecule has 0 unspecified atom stereocenters. The molecule has 2 rings (SSSR count). The van der Waals surface area contributed by atoms with Gasteiger partial charge < -0.3 is 4.79 Å². The van der Waals surface area contributed by atoms with Crippen molar-refractivity contribution in [2.45, 2.75) is 24.4 Å². The van der Waals surface area contributed by atoms with E-state index in [0.717, 1.165) is 6.29 Å². The molecule has 0 bridgehead atoms. The molecule has 0 atom stereocenters. The second kappa shape index (κ2) is 3.15. The Kier molecular flexibility index (Phi) is 2.10. The molecule has 0 radical (unpaired) electrons. The second-order valence-corrected chi connectivity index (χ2v) is 3.79. The minimum absolute atomic E-state index is 0.224. The van der Waals surface area contributed by atoms with E-state index in [0.29, 0.717) is 5.56 Å². The average Bonchev–Trinajstić information content (AvgIpc) is 2.14. The van der Waals surface area contributed by atoms with Crippen molar-refractivity contribution in [3.8, 4) is 0 Å². The zero-order chi connectivity index (χ0) is 10.2. The lowest BCUT2D eigenvalue weighted by molar-refractivity contribution is -0.117. The van der Waals surface area contributed by atoms with Crippen LogP contribution in [-0.4, -0.2) is 12.5 Å². The fourth-order valence-electron chi connectivity index (χ4n) is 1.91. The van der Waals surface area contributed by atoms with Crippen molar-refractivity contribution in [3.63, 3.8) is 0 Å². The lowest BCUT2D eigenvalue weighted by Gasteiger charge is -2.39. The summed E-state index contributed by atoms with van der Waals surface area (Å²) in [4.78, 5) is 10.9. The smallest absolute Gasteiger partial charge is 0.130 e.